The van der Waals surface area contributed by atoms with E-state index in [1.165, 1.54) is 25.7 Å². The summed E-state index contributed by atoms with van der Waals surface area (Å²) in [5.74, 6) is 0.905. The molecule has 0 spiro atoms. The summed E-state index contributed by atoms with van der Waals surface area (Å²) in [6.07, 6.45) is 6.82. The minimum absolute atomic E-state index is 0.273. The fourth-order valence-electron chi connectivity index (χ4n) is 4.33. The average molecular weight is 197 g/mol. The Morgan fingerprint density at radius 3 is 3.00 bits per heavy atom. The summed E-state index contributed by atoms with van der Waals surface area (Å²) in [6.45, 7) is 2.97. The van der Waals surface area contributed by atoms with Gasteiger partial charge in [0.15, 0.2) is 0 Å². The minimum atomic E-state index is -0.545. The molecule has 0 N–H and O–H groups in total. The van der Waals surface area contributed by atoms with E-state index in [0.29, 0.717) is 0 Å². The maximum Gasteiger partial charge on any atom is 0.115 e. The Kier molecular flexibility index (Phi) is 1.92. The molecule has 1 saturated carbocycles. The third-order valence-corrected chi connectivity index (χ3v) is 4.93. The van der Waals surface area contributed by atoms with Gasteiger partial charge in [0.05, 0.1) is 0 Å². The second-order valence-electron chi connectivity index (χ2n) is 5.49. The van der Waals surface area contributed by atoms with Gasteiger partial charge in [0.25, 0.3) is 0 Å². The SMILES string of the molecule is CCC12CC(F)CN1C1CCCC1C2. The normalized spacial score (nSPS) is 52.3. The summed E-state index contributed by atoms with van der Waals surface area (Å²) >= 11 is 0. The van der Waals surface area contributed by atoms with E-state index in [2.05, 4.69) is 11.8 Å². The second-order valence-corrected chi connectivity index (χ2v) is 5.49. The molecule has 2 saturated heterocycles. The Balaban J connectivity index is 1.89. The molecule has 2 heterocycles. The maximum atomic E-state index is 13.5. The molecule has 0 aromatic rings. The van der Waals surface area contributed by atoms with E-state index in [9.17, 15) is 4.39 Å². The van der Waals surface area contributed by atoms with Gasteiger partial charge in [0.2, 0.25) is 0 Å². The lowest BCUT2D eigenvalue weighted by molar-refractivity contribution is 0.141. The van der Waals surface area contributed by atoms with Crippen molar-refractivity contribution in [1.82, 2.24) is 4.90 Å². The van der Waals surface area contributed by atoms with Crippen LogP contribution in [0, 0.1) is 5.92 Å². The van der Waals surface area contributed by atoms with Crippen LogP contribution in [0.15, 0.2) is 0 Å². The second kappa shape index (κ2) is 2.94. The largest absolute Gasteiger partial charge is 0.291 e. The molecule has 1 nitrogen and oxygen atoms in total. The molecule has 0 aromatic carbocycles. The Hall–Kier alpha value is -0.110. The molecule has 14 heavy (non-hydrogen) atoms. The number of fused-ring (bicyclic) bond motifs is 3. The van der Waals surface area contributed by atoms with Gasteiger partial charge in [-0.15, -0.1) is 0 Å². The van der Waals surface area contributed by atoms with E-state index in [1.807, 2.05) is 0 Å². The standard InChI is InChI=1S/C12H20FN/c1-2-12-6-9-4-3-5-11(9)14(12)8-10(13)7-12/h9-11H,2-8H2,1H3. The predicted molar refractivity (Wildman–Crippen MR) is 55.0 cm³/mol. The van der Waals surface area contributed by atoms with Crippen LogP contribution in [0.5, 0.6) is 0 Å². The fraction of sp³-hybridized carbons (Fsp3) is 1.00. The quantitative estimate of drug-likeness (QED) is 0.625. The van der Waals surface area contributed by atoms with Crippen LogP contribution in [0.2, 0.25) is 0 Å². The zero-order valence-corrected chi connectivity index (χ0v) is 9.01. The van der Waals surface area contributed by atoms with Gasteiger partial charge in [-0.05, 0) is 38.0 Å². The first-order valence-corrected chi connectivity index (χ1v) is 6.16. The van der Waals surface area contributed by atoms with Crippen LogP contribution < -0.4 is 0 Å². The van der Waals surface area contributed by atoms with E-state index < -0.39 is 6.17 Å². The maximum absolute atomic E-state index is 13.5. The van der Waals surface area contributed by atoms with Crippen molar-refractivity contribution in [1.29, 1.82) is 0 Å². The Morgan fingerprint density at radius 2 is 2.21 bits per heavy atom. The van der Waals surface area contributed by atoms with Crippen molar-refractivity contribution in [2.75, 3.05) is 6.54 Å². The van der Waals surface area contributed by atoms with Gasteiger partial charge in [-0.1, -0.05) is 13.3 Å². The topological polar surface area (TPSA) is 3.24 Å². The predicted octanol–water partition coefficient (Wildman–Crippen LogP) is 2.75. The molecule has 2 heteroatoms. The first-order chi connectivity index (χ1) is 6.75. The van der Waals surface area contributed by atoms with Gasteiger partial charge in [0, 0.05) is 18.1 Å². The lowest BCUT2D eigenvalue weighted by Gasteiger charge is -2.33. The van der Waals surface area contributed by atoms with Crippen LogP contribution in [0.25, 0.3) is 0 Å². The third kappa shape index (κ3) is 1.04. The molecule has 80 valence electrons. The highest BCUT2D eigenvalue weighted by atomic mass is 19.1. The number of nitrogens with zero attached hydrogens (tertiary/aromatic N) is 1. The molecule has 0 bridgehead atoms. The van der Waals surface area contributed by atoms with E-state index in [-0.39, 0.29) is 5.54 Å². The molecule has 3 aliphatic rings. The fourth-order valence-corrected chi connectivity index (χ4v) is 4.33. The van der Waals surface area contributed by atoms with Crippen molar-refractivity contribution in [2.24, 2.45) is 5.92 Å². The molecule has 0 amide bonds. The van der Waals surface area contributed by atoms with Gasteiger partial charge in [0.1, 0.15) is 6.17 Å². The van der Waals surface area contributed by atoms with Crippen LogP contribution in [0.1, 0.15) is 45.4 Å². The van der Waals surface area contributed by atoms with Crippen molar-refractivity contribution < 1.29 is 4.39 Å². The number of hydrogen-bond donors (Lipinski definition) is 0. The molecule has 0 aromatic heterocycles. The molecule has 4 unspecified atom stereocenters. The van der Waals surface area contributed by atoms with Crippen LogP contribution in [-0.2, 0) is 0 Å². The van der Waals surface area contributed by atoms with E-state index >= 15 is 0 Å². The Labute approximate surface area is 85.7 Å². The zero-order chi connectivity index (χ0) is 9.76. The highest BCUT2D eigenvalue weighted by Gasteiger charge is 2.56. The molecule has 1 aliphatic carbocycles. The van der Waals surface area contributed by atoms with Crippen molar-refractivity contribution in [3.8, 4) is 0 Å². The van der Waals surface area contributed by atoms with Gasteiger partial charge in [-0.25, -0.2) is 4.39 Å². The molecule has 3 fully saturated rings. The van der Waals surface area contributed by atoms with Crippen molar-refractivity contribution >= 4 is 0 Å². The van der Waals surface area contributed by atoms with Crippen LogP contribution in [0.4, 0.5) is 4.39 Å². The number of hydrogen-bond acceptors (Lipinski definition) is 1. The van der Waals surface area contributed by atoms with E-state index in [0.717, 1.165) is 31.3 Å². The first kappa shape index (κ1) is 9.14. The lowest BCUT2D eigenvalue weighted by atomic mass is 9.86. The van der Waals surface area contributed by atoms with Gasteiger partial charge in [-0.3, -0.25) is 4.90 Å². The number of alkyl halides is 1. The molecular formula is C12H20FN. The summed E-state index contributed by atoms with van der Waals surface area (Å²) in [5.41, 5.74) is 0.273. The Bertz CT molecular complexity index is 242. The van der Waals surface area contributed by atoms with Crippen LogP contribution in [0.3, 0.4) is 0 Å². The van der Waals surface area contributed by atoms with Crippen LogP contribution in [-0.4, -0.2) is 29.2 Å². The summed E-state index contributed by atoms with van der Waals surface area (Å²) in [4.78, 5) is 2.54. The van der Waals surface area contributed by atoms with Gasteiger partial charge >= 0.3 is 0 Å². The van der Waals surface area contributed by atoms with Crippen molar-refractivity contribution in [3.63, 3.8) is 0 Å². The first-order valence-electron chi connectivity index (χ1n) is 6.16. The summed E-state index contributed by atoms with van der Waals surface area (Å²) in [7, 11) is 0. The summed E-state index contributed by atoms with van der Waals surface area (Å²) in [6, 6.07) is 0.746. The highest BCUT2D eigenvalue weighted by Crippen LogP contribution is 2.52. The average Bonchev–Trinajstić information content (AvgIpc) is 2.74. The van der Waals surface area contributed by atoms with E-state index in [4.69, 9.17) is 0 Å². The minimum Gasteiger partial charge on any atom is -0.291 e. The smallest absolute Gasteiger partial charge is 0.115 e. The number of rotatable bonds is 1. The summed E-state index contributed by atoms with van der Waals surface area (Å²) in [5, 5.41) is 0. The summed E-state index contributed by atoms with van der Waals surface area (Å²) < 4.78 is 13.5. The van der Waals surface area contributed by atoms with Gasteiger partial charge < -0.3 is 0 Å². The molecule has 3 rings (SSSR count). The third-order valence-electron chi connectivity index (χ3n) is 4.93. The number of halogens is 1. The zero-order valence-electron chi connectivity index (χ0n) is 9.01. The lowest BCUT2D eigenvalue weighted by Crippen LogP contribution is -2.41. The molecule has 4 atom stereocenters. The Morgan fingerprint density at radius 1 is 1.36 bits per heavy atom. The van der Waals surface area contributed by atoms with Crippen molar-refractivity contribution in [3.05, 3.63) is 0 Å². The van der Waals surface area contributed by atoms with Crippen LogP contribution >= 0.6 is 0 Å². The molecule has 0 radical (unpaired) electrons. The molecule has 2 aliphatic heterocycles. The van der Waals surface area contributed by atoms with Crippen molar-refractivity contribution in [2.45, 2.75) is 63.2 Å². The monoisotopic (exact) mass is 197 g/mol. The highest BCUT2D eigenvalue weighted by molar-refractivity contribution is 5.11. The molecular weight excluding hydrogens is 177 g/mol. The van der Waals surface area contributed by atoms with E-state index in [1.54, 1.807) is 0 Å². The van der Waals surface area contributed by atoms with Gasteiger partial charge in [-0.2, -0.15) is 0 Å².